The highest BCUT2D eigenvalue weighted by Gasteiger charge is 2.28. The quantitative estimate of drug-likeness (QED) is 0.855. The van der Waals surface area contributed by atoms with E-state index in [0.717, 1.165) is 6.42 Å². The van der Waals surface area contributed by atoms with Gasteiger partial charge in [-0.3, -0.25) is 4.79 Å². The molecule has 1 aliphatic rings. The molecule has 1 N–H and O–H groups in total. The minimum atomic E-state index is -0.314. The fraction of sp³-hybridized carbons (Fsp3) is 0.533. The van der Waals surface area contributed by atoms with Crippen LogP contribution in [0, 0.1) is 17.7 Å². The first kappa shape index (κ1) is 13.1. The lowest BCUT2D eigenvalue weighted by Gasteiger charge is -2.34. The maximum Gasteiger partial charge on any atom is 0.251 e. The van der Waals surface area contributed by atoms with E-state index in [9.17, 15) is 9.18 Å². The zero-order chi connectivity index (χ0) is 13.1. The maximum absolute atomic E-state index is 12.8. The van der Waals surface area contributed by atoms with E-state index in [1.54, 1.807) is 0 Å². The van der Waals surface area contributed by atoms with Crippen LogP contribution in [-0.2, 0) is 0 Å². The van der Waals surface area contributed by atoms with Crippen LogP contribution in [0.15, 0.2) is 24.3 Å². The number of hydrogen-bond donors (Lipinski definition) is 1. The number of hydrogen-bond acceptors (Lipinski definition) is 1. The lowest BCUT2D eigenvalue weighted by atomic mass is 9.78. The van der Waals surface area contributed by atoms with E-state index < -0.39 is 0 Å². The number of nitrogens with one attached hydrogen (secondary N) is 1. The zero-order valence-electron chi connectivity index (χ0n) is 10.9. The topological polar surface area (TPSA) is 29.1 Å². The predicted octanol–water partition coefficient (Wildman–Crippen LogP) is 3.38. The van der Waals surface area contributed by atoms with Gasteiger partial charge in [-0.05, 0) is 42.5 Å². The Labute approximate surface area is 108 Å². The van der Waals surface area contributed by atoms with Crippen LogP contribution in [0.25, 0.3) is 0 Å². The van der Waals surface area contributed by atoms with Crippen molar-refractivity contribution in [2.75, 3.05) is 0 Å². The largest absolute Gasteiger partial charge is 0.349 e. The van der Waals surface area contributed by atoms with Crippen LogP contribution in [0.5, 0.6) is 0 Å². The van der Waals surface area contributed by atoms with Crippen LogP contribution in [-0.4, -0.2) is 11.9 Å². The van der Waals surface area contributed by atoms with Gasteiger partial charge >= 0.3 is 0 Å². The van der Waals surface area contributed by atoms with Gasteiger partial charge in [0.15, 0.2) is 0 Å². The standard InChI is InChI=1S/C15H20FNO/c1-10-4-3-5-14(11(10)2)17-15(18)12-6-8-13(16)9-7-12/h6-11,14H,3-5H2,1-2H3,(H,17,18). The number of carbonyl (C=O) groups excluding carboxylic acids is 1. The first-order valence-electron chi connectivity index (χ1n) is 6.64. The summed E-state index contributed by atoms with van der Waals surface area (Å²) in [6, 6.07) is 5.94. The van der Waals surface area contributed by atoms with Gasteiger partial charge in [-0.1, -0.05) is 26.7 Å². The molecule has 1 fully saturated rings. The molecule has 0 spiro atoms. The van der Waals surface area contributed by atoms with Gasteiger partial charge in [-0.15, -0.1) is 0 Å². The van der Waals surface area contributed by atoms with Gasteiger partial charge in [0, 0.05) is 11.6 Å². The molecule has 0 saturated heterocycles. The summed E-state index contributed by atoms with van der Waals surface area (Å²) in [7, 11) is 0. The maximum atomic E-state index is 12.8. The van der Waals surface area contributed by atoms with Crippen LogP contribution in [0.2, 0.25) is 0 Å². The Morgan fingerprint density at radius 1 is 1.22 bits per heavy atom. The minimum Gasteiger partial charge on any atom is -0.349 e. The van der Waals surface area contributed by atoms with Gasteiger partial charge in [0.25, 0.3) is 5.91 Å². The Hall–Kier alpha value is -1.38. The van der Waals surface area contributed by atoms with Gasteiger partial charge in [0.2, 0.25) is 0 Å². The molecular weight excluding hydrogens is 229 g/mol. The first-order valence-corrected chi connectivity index (χ1v) is 6.64. The third kappa shape index (κ3) is 2.89. The number of amides is 1. The van der Waals surface area contributed by atoms with Crippen molar-refractivity contribution in [2.24, 2.45) is 11.8 Å². The average molecular weight is 249 g/mol. The molecule has 2 rings (SSSR count). The van der Waals surface area contributed by atoms with Crippen LogP contribution < -0.4 is 5.32 Å². The third-order valence-electron chi connectivity index (χ3n) is 4.13. The lowest BCUT2D eigenvalue weighted by Crippen LogP contribution is -2.43. The Bertz CT molecular complexity index is 415. The van der Waals surface area contributed by atoms with Crippen LogP contribution in [0.4, 0.5) is 4.39 Å². The van der Waals surface area contributed by atoms with Gasteiger partial charge in [0.05, 0.1) is 0 Å². The highest BCUT2D eigenvalue weighted by Crippen LogP contribution is 2.29. The Morgan fingerprint density at radius 2 is 1.89 bits per heavy atom. The lowest BCUT2D eigenvalue weighted by molar-refractivity contribution is 0.0891. The van der Waals surface area contributed by atoms with Crippen LogP contribution in [0.3, 0.4) is 0 Å². The van der Waals surface area contributed by atoms with E-state index >= 15 is 0 Å². The highest BCUT2D eigenvalue weighted by atomic mass is 19.1. The molecule has 1 aromatic carbocycles. The number of rotatable bonds is 2. The second kappa shape index (κ2) is 5.51. The molecule has 2 nitrogen and oxygen atoms in total. The summed E-state index contributed by atoms with van der Waals surface area (Å²) in [5.41, 5.74) is 0.529. The molecular formula is C15H20FNO. The van der Waals surface area contributed by atoms with E-state index in [1.807, 2.05) is 0 Å². The second-order valence-electron chi connectivity index (χ2n) is 5.35. The predicted molar refractivity (Wildman–Crippen MR) is 69.8 cm³/mol. The molecule has 0 radical (unpaired) electrons. The fourth-order valence-corrected chi connectivity index (χ4v) is 2.64. The summed E-state index contributed by atoms with van der Waals surface area (Å²) < 4.78 is 12.8. The second-order valence-corrected chi connectivity index (χ2v) is 5.35. The van der Waals surface area contributed by atoms with Crippen molar-refractivity contribution in [3.8, 4) is 0 Å². The average Bonchev–Trinajstić information content (AvgIpc) is 2.36. The molecule has 0 aromatic heterocycles. The summed E-state index contributed by atoms with van der Waals surface area (Å²) in [6.45, 7) is 4.43. The van der Waals surface area contributed by atoms with Crippen LogP contribution in [0.1, 0.15) is 43.5 Å². The summed E-state index contributed by atoms with van der Waals surface area (Å²) in [4.78, 5) is 12.0. The molecule has 1 amide bonds. The van der Waals surface area contributed by atoms with Crippen molar-refractivity contribution in [1.29, 1.82) is 0 Å². The van der Waals surface area contributed by atoms with Crippen molar-refractivity contribution < 1.29 is 9.18 Å². The monoisotopic (exact) mass is 249 g/mol. The molecule has 0 bridgehead atoms. The molecule has 1 aliphatic carbocycles. The number of carbonyl (C=O) groups is 1. The summed E-state index contributed by atoms with van der Waals surface area (Å²) in [5.74, 6) is 0.743. The first-order chi connectivity index (χ1) is 8.58. The molecule has 0 heterocycles. The van der Waals surface area contributed by atoms with Crippen molar-refractivity contribution in [3.63, 3.8) is 0 Å². The molecule has 1 saturated carbocycles. The fourth-order valence-electron chi connectivity index (χ4n) is 2.64. The van der Waals surface area contributed by atoms with Crippen molar-refractivity contribution in [3.05, 3.63) is 35.6 Å². The SMILES string of the molecule is CC1CCCC(NC(=O)c2ccc(F)cc2)C1C. The highest BCUT2D eigenvalue weighted by molar-refractivity contribution is 5.94. The van der Waals surface area contributed by atoms with E-state index in [4.69, 9.17) is 0 Å². The molecule has 0 aliphatic heterocycles. The van der Waals surface area contributed by atoms with Crippen molar-refractivity contribution >= 4 is 5.91 Å². The van der Waals surface area contributed by atoms with Crippen molar-refractivity contribution in [2.45, 2.75) is 39.2 Å². The molecule has 3 heteroatoms. The Morgan fingerprint density at radius 3 is 2.56 bits per heavy atom. The summed E-state index contributed by atoms with van der Waals surface area (Å²) in [5, 5.41) is 3.07. The third-order valence-corrected chi connectivity index (χ3v) is 4.13. The van der Waals surface area contributed by atoms with Crippen molar-refractivity contribution in [1.82, 2.24) is 5.32 Å². The van der Waals surface area contributed by atoms with E-state index in [1.165, 1.54) is 37.1 Å². The van der Waals surface area contributed by atoms with Gasteiger partial charge in [0.1, 0.15) is 5.82 Å². The Balaban J connectivity index is 2.00. The van der Waals surface area contributed by atoms with Gasteiger partial charge in [-0.25, -0.2) is 4.39 Å². The van der Waals surface area contributed by atoms with Crippen LogP contribution >= 0.6 is 0 Å². The zero-order valence-corrected chi connectivity index (χ0v) is 10.9. The summed E-state index contributed by atoms with van der Waals surface area (Å²) in [6.07, 6.45) is 3.45. The minimum absolute atomic E-state index is 0.0963. The summed E-state index contributed by atoms with van der Waals surface area (Å²) >= 11 is 0. The normalized spacial score (nSPS) is 27.8. The smallest absolute Gasteiger partial charge is 0.251 e. The van der Waals surface area contributed by atoms with Gasteiger partial charge < -0.3 is 5.32 Å². The molecule has 3 atom stereocenters. The molecule has 3 unspecified atom stereocenters. The molecule has 1 aromatic rings. The number of halogens is 1. The van der Waals surface area contributed by atoms with E-state index in [-0.39, 0.29) is 17.8 Å². The van der Waals surface area contributed by atoms with Gasteiger partial charge in [-0.2, -0.15) is 0 Å². The molecule has 98 valence electrons. The molecule has 18 heavy (non-hydrogen) atoms. The van der Waals surface area contributed by atoms with E-state index in [2.05, 4.69) is 19.2 Å². The Kier molecular flexibility index (Phi) is 4.00. The van der Waals surface area contributed by atoms with E-state index in [0.29, 0.717) is 17.4 Å². The number of benzene rings is 1.